The van der Waals surface area contributed by atoms with Crippen LogP contribution in [0.5, 0.6) is 0 Å². The molecule has 0 bridgehead atoms. The van der Waals surface area contributed by atoms with Crippen LogP contribution in [0.15, 0.2) is 54.1 Å². The van der Waals surface area contributed by atoms with E-state index in [1.165, 1.54) is 18.1 Å². The maximum atomic E-state index is 10.6. The molecule has 5 rings (SSSR count). The molecule has 0 aliphatic carbocycles. The van der Waals surface area contributed by atoms with Gasteiger partial charge in [-0.05, 0) is 19.1 Å². The summed E-state index contributed by atoms with van der Waals surface area (Å²) in [6.45, 7) is 1.85. The van der Waals surface area contributed by atoms with Crippen molar-refractivity contribution in [1.82, 2.24) is 24.5 Å². The fourth-order valence-corrected chi connectivity index (χ4v) is 4.49. The number of aryl methyl sites for hydroxylation is 1. The van der Waals surface area contributed by atoms with Crippen LogP contribution in [0, 0.1) is 6.92 Å². The molecule has 3 aromatic heterocycles. The molecule has 1 aromatic carbocycles. The third-order valence-corrected chi connectivity index (χ3v) is 6.14. The third kappa shape index (κ3) is 3.25. The number of nitrogens with zero attached hydrogens (tertiary/aromatic N) is 5. The van der Waals surface area contributed by atoms with Gasteiger partial charge in [-0.25, -0.2) is 19.9 Å². The minimum atomic E-state index is -1.09. The largest absolute Gasteiger partial charge is 0.387 e. The lowest BCUT2D eigenvalue weighted by Gasteiger charge is -2.16. The van der Waals surface area contributed by atoms with Crippen molar-refractivity contribution >= 4 is 33.8 Å². The van der Waals surface area contributed by atoms with E-state index in [0.717, 1.165) is 21.6 Å². The lowest BCUT2D eigenvalue weighted by molar-refractivity contribution is -0.0289. The molecule has 4 heterocycles. The van der Waals surface area contributed by atoms with Gasteiger partial charge in [-0.1, -0.05) is 24.3 Å². The van der Waals surface area contributed by atoms with Crippen molar-refractivity contribution in [3.05, 3.63) is 54.7 Å². The van der Waals surface area contributed by atoms with E-state index < -0.39 is 24.5 Å². The molecular formula is C20H19N5O3S. The van der Waals surface area contributed by atoms with Gasteiger partial charge in [0, 0.05) is 11.1 Å². The first-order valence-corrected chi connectivity index (χ1v) is 10.2. The molecule has 0 spiro atoms. The monoisotopic (exact) mass is 409 g/mol. The summed E-state index contributed by atoms with van der Waals surface area (Å²) in [6.07, 6.45) is -0.404. The maximum Gasteiger partial charge on any atom is 0.165 e. The fourth-order valence-electron chi connectivity index (χ4n) is 3.55. The maximum absolute atomic E-state index is 10.6. The van der Waals surface area contributed by atoms with Crippen molar-refractivity contribution < 1.29 is 14.9 Å². The number of pyridine rings is 1. The quantitative estimate of drug-likeness (QED) is 0.494. The Morgan fingerprint density at radius 3 is 2.83 bits per heavy atom. The number of benzene rings is 1. The zero-order valence-electron chi connectivity index (χ0n) is 15.6. The van der Waals surface area contributed by atoms with Crippen molar-refractivity contribution in [3.63, 3.8) is 0 Å². The van der Waals surface area contributed by atoms with Crippen LogP contribution in [0.25, 0.3) is 22.1 Å². The molecule has 1 saturated heterocycles. The Balaban J connectivity index is 1.34. The van der Waals surface area contributed by atoms with E-state index in [4.69, 9.17) is 4.74 Å². The lowest BCUT2D eigenvalue weighted by Crippen LogP contribution is -2.32. The number of rotatable bonds is 4. The van der Waals surface area contributed by atoms with Gasteiger partial charge in [0.05, 0.1) is 28.7 Å². The van der Waals surface area contributed by atoms with Crippen molar-refractivity contribution in [3.8, 4) is 0 Å². The van der Waals surface area contributed by atoms with Crippen LogP contribution in [-0.2, 0) is 4.74 Å². The number of aromatic nitrogens is 5. The summed E-state index contributed by atoms with van der Waals surface area (Å²) in [5.41, 5.74) is 2.88. The number of thioether (sulfide) groups is 1. The number of aliphatic hydroxyl groups excluding tert-OH is 2. The van der Waals surface area contributed by atoms with E-state index in [1.807, 2.05) is 43.3 Å². The highest BCUT2D eigenvalue weighted by Crippen LogP contribution is 2.34. The second-order valence-corrected chi connectivity index (χ2v) is 8.02. The Bertz CT molecular complexity index is 1180. The molecule has 1 unspecified atom stereocenters. The first-order valence-electron chi connectivity index (χ1n) is 9.26. The fraction of sp³-hybridized carbons (Fsp3) is 0.300. The minimum Gasteiger partial charge on any atom is -0.387 e. The van der Waals surface area contributed by atoms with Gasteiger partial charge in [-0.3, -0.25) is 4.57 Å². The average Bonchev–Trinajstić information content (AvgIpc) is 3.29. The van der Waals surface area contributed by atoms with Crippen LogP contribution < -0.4 is 0 Å². The van der Waals surface area contributed by atoms with Crippen LogP contribution in [-0.4, -0.2) is 58.8 Å². The van der Waals surface area contributed by atoms with Gasteiger partial charge in [0.25, 0.3) is 0 Å². The normalized spacial score (nSPS) is 24.5. The predicted molar refractivity (Wildman–Crippen MR) is 108 cm³/mol. The molecule has 0 amide bonds. The van der Waals surface area contributed by atoms with Gasteiger partial charge in [0.2, 0.25) is 0 Å². The van der Waals surface area contributed by atoms with Gasteiger partial charge in [0.1, 0.15) is 24.1 Å². The summed E-state index contributed by atoms with van der Waals surface area (Å²) < 4.78 is 7.65. The standard InChI is InChI=1S/C20H19N5O3S/c1-11-16-19(22-9-21-11)25(10-23-16)20-18(27)17(26)14(28-20)8-29-15-7-6-12-4-2-3-5-13(12)24-15/h2-7,9-10,14,17-18,20,26-27H,8H2,1H3/t14?,17-,18-,20-/m1/s1. The van der Waals surface area contributed by atoms with Gasteiger partial charge < -0.3 is 14.9 Å². The molecule has 0 radical (unpaired) electrons. The number of imidazole rings is 1. The molecule has 8 nitrogen and oxygen atoms in total. The Labute approximate surface area is 170 Å². The number of para-hydroxylation sites is 1. The molecule has 4 aromatic rings. The molecule has 1 aliphatic rings. The van der Waals surface area contributed by atoms with Crippen molar-refractivity contribution in [1.29, 1.82) is 0 Å². The van der Waals surface area contributed by atoms with Crippen molar-refractivity contribution in [2.45, 2.75) is 36.5 Å². The highest BCUT2D eigenvalue weighted by Gasteiger charge is 2.44. The van der Waals surface area contributed by atoms with E-state index in [9.17, 15) is 10.2 Å². The van der Waals surface area contributed by atoms with Crippen molar-refractivity contribution in [2.75, 3.05) is 5.75 Å². The Morgan fingerprint density at radius 1 is 1.07 bits per heavy atom. The molecular weight excluding hydrogens is 390 g/mol. The SMILES string of the molecule is Cc1ncnc2c1ncn2[C@@H]1OC(CSc2ccc3ccccc3n2)[C@@H](O)[C@H]1O. The number of hydrogen-bond donors (Lipinski definition) is 2. The Kier molecular flexibility index (Phi) is 4.67. The number of fused-ring (bicyclic) bond motifs is 2. The van der Waals surface area contributed by atoms with E-state index in [1.54, 1.807) is 10.9 Å². The Hall–Kier alpha value is -2.59. The van der Waals surface area contributed by atoms with Crippen LogP contribution in [0.2, 0.25) is 0 Å². The molecule has 0 saturated carbocycles. The van der Waals surface area contributed by atoms with Gasteiger partial charge in [-0.2, -0.15) is 0 Å². The summed E-state index contributed by atoms with van der Waals surface area (Å²) in [6, 6.07) is 11.9. The number of ether oxygens (including phenoxy) is 1. The zero-order valence-corrected chi connectivity index (χ0v) is 16.4. The smallest absolute Gasteiger partial charge is 0.165 e. The summed E-state index contributed by atoms with van der Waals surface area (Å²) in [7, 11) is 0. The third-order valence-electron chi connectivity index (χ3n) is 5.12. The molecule has 2 N–H and O–H groups in total. The van der Waals surface area contributed by atoms with Gasteiger partial charge in [0.15, 0.2) is 11.9 Å². The topological polar surface area (TPSA) is 106 Å². The molecule has 9 heteroatoms. The molecule has 29 heavy (non-hydrogen) atoms. The first kappa shape index (κ1) is 18.4. The molecule has 148 valence electrons. The average molecular weight is 409 g/mol. The minimum absolute atomic E-state index is 0.459. The van der Waals surface area contributed by atoms with E-state index in [0.29, 0.717) is 16.9 Å². The number of aliphatic hydroxyl groups is 2. The summed E-state index contributed by atoms with van der Waals surface area (Å²) in [4.78, 5) is 17.3. The van der Waals surface area contributed by atoms with Crippen LogP contribution in [0.3, 0.4) is 0 Å². The highest BCUT2D eigenvalue weighted by atomic mass is 32.2. The lowest BCUT2D eigenvalue weighted by atomic mass is 10.1. The predicted octanol–water partition coefficient (Wildman–Crippen LogP) is 2.09. The second kappa shape index (κ2) is 7.34. The molecule has 4 atom stereocenters. The highest BCUT2D eigenvalue weighted by molar-refractivity contribution is 7.99. The van der Waals surface area contributed by atoms with Crippen LogP contribution in [0.4, 0.5) is 0 Å². The van der Waals surface area contributed by atoms with Gasteiger partial charge in [-0.15, -0.1) is 11.8 Å². The Morgan fingerprint density at radius 2 is 1.93 bits per heavy atom. The zero-order chi connectivity index (χ0) is 20.0. The van der Waals surface area contributed by atoms with Gasteiger partial charge >= 0.3 is 0 Å². The van der Waals surface area contributed by atoms with E-state index in [-0.39, 0.29) is 0 Å². The van der Waals surface area contributed by atoms with Crippen LogP contribution in [0.1, 0.15) is 11.9 Å². The van der Waals surface area contributed by atoms with E-state index in [2.05, 4.69) is 19.9 Å². The summed E-state index contributed by atoms with van der Waals surface area (Å²) >= 11 is 1.49. The van der Waals surface area contributed by atoms with E-state index >= 15 is 0 Å². The summed E-state index contributed by atoms with van der Waals surface area (Å²) in [5.74, 6) is 0.459. The summed E-state index contributed by atoms with van der Waals surface area (Å²) in [5, 5.41) is 23.0. The first-order chi connectivity index (χ1) is 14.1. The second-order valence-electron chi connectivity index (χ2n) is 6.98. The number of hydrogen-bond acceptors (Lipinski definition) is 8. The van der Waals surface area contributed by atoms with Crippen molar-refractivity contribution in [2.24, 2.45) is 0 Å². The van der Waals surface area contributed by atoms with Crippen LogP contribution >= 0.6 is 11.8 Å². The molecule has 1 fully saturated rings. The molecule has 1 aliphatic heterocycles.